The molecule has 1 atom stereocenters. The fourth-order valence-electron chi connectivity index (χ4n) is 4.81. The van der Waals surface area contributed by atoms with Crippen LogP contribution < -0.4 is 14.9 Å². The van der Waals surface area contributed by atoms with Crippen LogP contribution in [-0.2, 0) is 0 Å². The summed E-state index contributed by atoms with van der Waals surface area (Å²) in [4.78, 5) is 14.3. The van der Waals surface area contributed by atoms with Crippen molar-refractivity contribution in [3.05, 3.63) is 98.9 Å². The number of carbonyl (C=O) groups excluding carboxylic acids is 1. The zero-order valence-electron chi connectivity index (χ0n) is 20.1. The number of hydrogen-bond donors (Lipinski definition) is 1. The number of nitrogens with zero attached hydrogens (tertiary/aromatic N) is 1. The van der Waals surface area contributed by atoms with E-state index in [4.69, 9.17) is 9.47 Å². The topological polar surface area (TPSA) is 50.8 Å². The Balaban J connectivity index is 1.51. The molecule has 1 aromatic heterocycles. The van der Waals surface area contributed by atoms with Crippen LogP contribution in [0, 0.1) is 0 Å². The number of hydrazine groups is 1. The zero-order valence-corrected chi connectivity index (χ0v) is 20.9. The van der Waals surface area contributed by atoms with Crippen molar-refractivity contribution in [3.8, 4) is 11.5 Å². The maximum atomic E-state index is 13.6. The molecular formula is C29H30N2O3S. The molecule has 0 fully saturated rings. The molecule has 2 heterocycles. The molecule has 5 rings (SSSR count). The highest BCUT2D eigenvalue weighted by Gasteiger charge is 2.39. The number of hydrogen-bond acceptors (Lipinski definition) is 5. The molecule has 0 bridgehead atoms. The predicted octanol–water partition coefficient (Wildman–Crippen LogP) is 6.77. The molecule has 0 saturated carbocycles. The first-order valence-corrected chi connectivity index (χ1v) is 13.1. The van der Waals surface area contributed by atoms with Gasteiger partial charge in [-0.1, -0.05) is 30.3 Å². The quantitative estimate of drug-likeness (QED) is 0.400. The van der Waals surface area contributed by atoms with Crippen molar-refractivity contribution in [2.75, 3.05) is 13.2 Å². The van der Waals surface area contributed by atoms with Gasteiger partial charge in [0.15, 0.2) is 0 Å². The summed E-state index contributed by atoms with van der Waals surface area (Å²) in [7, 11) is 0. The lowest BCUT2D eigenvalue weighted by Crippen LogP contribution is -2.39. The molecule has 180 valence electrons. The fourth-order valence-corrected chi connectivity index (χ4v) is 5.47. The molecule has 1 aliphatic heterocycles. The normalized spacial score (nSPS) is 18.4. The average molecular weight is 487 g/mol. The van der Waals surface area contributed by atoms with E-state index in [0.717, 1.165) is 52.5 Å². The smallest absolute Gasteiger partial charge is 0.283 e. The van der Waals surface area contributed by atoms with Crippen molar-refractivity contribution < 1.29 is 14.3 Å². The molecular weight excluding hydrogens is 456 g/mol. The second-order valence-corrected chi connectivity index (χ2v) is 9.54. The number of thiophene rings is 1. The number of amides is 1. The van der Waals surface area contributed by atoms with Gasteiger partial charge in [-0.05, 0) is 97.2 Å². The maximum absolute atomic E-state index is 13.6. The third kappa shape index (κ3) is 4.84. The number of benzene rings is 2. The number of ether oxygens (including phenoxy) is 2. The molecule has 0 spiro atoms. The van der Waals surface area contributed by atoms with Gasteiger partial charge in [-0.25, -0.2) is 5.01 Å². The Hall–Kier alpha value is -3.51. The highest BCUT2D eigenvalue weighted by Crippen LogP contribution is 2.44. The van der Waals surface area contributed by atoms with E-state index in [1.54, 1.807) is 0 Å². The molecule has 1 N–H and O–H groups in total. The molecule has 1 amide bonds. The Morgan fingerprint density at radius 1 is 1.00 bits per heavy atom. The van der Waals surface area contributed by atoms with Gasteiger partial charge in [0, 0.05) is 0 Å². The van der Waals surface area contributed by atoms with E-state index in [1.165, 1.54) is 22.5 Å². The van der Waals surface area contributed by atoms with Crippen LogP contribution in [0.2, 0.25) is 0 Å². The van der Waals surface area contributed by atoms with Gasteiger partial charge in [0.05, 0.1) is 23.8 Å². The number of carbonyl (C=O) groups is 1. The van der Waals surface area contributed by atoms with Gasteiger partial charge in [0.25, 0.3) is 5.91 Å². The summed E-state index contributed by atoms with van der Waals surface area (Å²) in [6.07, 6.45) is 5.20. The summed E-state index contributed by atoms with van der Waals surface area (Å²) < 4.78 is 11.2. The first-order chi connectivity index (χ1) is 17.2. The van der Waals surface area contributed by atoms with E-state index >= 15 is 0 Å². The van der Waals surface area contributed by atoms with Gasteiger partial charge >= 0.3 is 0 Å². The van der Waals surface area contributed by atoms with E-state index in [9.17, 15) is 4.79 Å². The molecule has 2 aromatic carbocycles. The van der Waals surface area contributed by atoms with Crippen molar-refractivity contribution >= 4 is 23.3 Å². The highest BCUT2D eigenvalue weighted by atomic mass is 32.1. The van der Waals surface area contributed by atoms with Gasteiger partial charge < -0.3 is 9.47 Å². The Kier molecular flexibility index (Phi) is 6.91. The van der Waals surface area contributed by atoms with Crippen molar-refractivity contribution in [1.82, 2.24) is 10.4 Å². The van der Waals surface area contributed by atoms with E-state index in [-0.39, 0.29) is 11.9 Å². The lowest BCUT2D eigenvalue weighted by molar-refractivity contribution is 0.0661. The van der Waals surface area contributed by atoms with Gasteiger partial charge in [-0.15, -0.1) is 11.3 Å². The minimum atomic E-state index is -0.153. The molecule has 5 nitrogen and oxygen atoms in total. The fraction of sp³-hybridized carbons (Fsp3) is 0.276. The number of rotatable bonds is 7. The number of allylic oxidation sites excluding steroid dienone is 1. The van der Waals surface area contributed by atoms with Crippen LogP contribution in [0.3, 0.4) is 0 Å². The minimum Gasteiger partial charge on any atom is -0.494 e. The summed E-state index contributed by atoms with van der Waals surface area (Å²) in [6.45, 7) is 5.25. The van der Waals surface area contributed by atoms with Crippen LogP contribution in [0.4, 0.5) is 0 Å². The molecule has 2 aliphatic rings. The predicted molar refractivity (Wildman–Crippen MR) is 140 cm³/mol. The largest absolute Gasteiger partial charge is 0.494 e. The third-order valence-corrected chi connectivity index (χ3v) is 7.20. The third-order valence-electron chi connectivity index (χ3n) is 6.34. The van der Waals surface area contributed by atoms with Crippen LogP contribution in [-0.4, -0.2) is 24.1 Å². The van der Waals surface area contributed by atoms with Crippen molar-refractivity contribution in [2.45, 2.75) is 39.2 Å². The monoisotopic (exact) mass is 486 g/mol. The highest BCUT2D eigenvalue weighted by molar-refractivity contribution is 7.12. The lowest BCUT2D eigenvalue weighted by Gasteiger charge is -2.26. The van der Waals surface area contributed by atoms with Crippen LogP contribution in [0.5, 0.6) is 11.5 Å². The Labute approximate surface area is 210 Å². The molecule has 3 aromatic rings. The van der Waals surface area contributed by atoms with Crippen molar-refractivity contribution in [1.29, 1.82) is 0 Å². The van der Waals surface area contributed by atoms with E-state index in [1.807, 2.05) is 60.6 Å². The molecule has 35 heavy (non-hydrogen) atoms. The number of nitrogens with one attached hydrogen (secondary N) is 1. The Morgan fingerprint density at radius 2 is 1.69 bits per heavy atom. The molecule has 1 aliphatic carbocycles. The standard InChI is InChI=1S/C29H30N2O3S/c1-3-33-23-14-10-20(11-15-23)19-22-7-5-8-25-27(22)30-31(29(32)26-9-6-18-35-26)28(25)21-12-16-24(17-13-21)34-4-2/h6,9-19,28,30H,3-5,7-8H2,1-2H3/b22-19+/t28-/m1/s1. The minimum absolute atomic E-state index is 0.00583. The maximum Gasteiger partial charge on any atom is 0.283 e. The van der Waals surface area contributed by atoms with E-state index in [2.05, 4.69) is 35.8 Å². The second kappa shape index (κ2) is 10.4. The van der Waals surface area contributed by atoms with Gasteiger partial charge in [0.1, 0.15) is 17.5 Å². The van der Waals surface area contributed by atoms with Crippen molar-refractivity contribution in [2.24, 2.45) is 0 Å². The van der Waals surface area contributed by atoms with E-state index < -0.39 is 0 Å². The first kappa shape index (κ1) is 23.2. The van der Waals surface area contributed by atoms with Crippen LogP contribution in [0.25, 0.3) is 6.08 Å². The van der Waals surface area contributed by atoms with E-state index in [0.29, 0.717) is 13.2 Å². The first-order valence-electron chi connectivity index (χ1n) is 12.2. The van der Waals surface area contributed by atoms with Gasteiger partial charge in [-0.3, -0.25) is 10.2 Å². The Bertz CT molecular complexity index is 1230. The summed E-state index contributed by atoms with van der Waals surface area (Å²) >= 11 is 1.47. The van der Waals surface area contributed by atoms with Gasteiger partial charge in [0.2, 0.25) is 0 Å². The average Bonchev–Trinajstić information content (AvgIpc) is 3.55. The van der Waals surface area contributed by atoms with Crippen molar-refractivity contribution in [3.63, 3.8) is 0 Å². The summed E-state index contributed by atoms with van der Waals surface area (Å²) in [6, 6.07) is 20.0. The zero-order chi connectivity index (χ0) is 24.2. The SMILES string of the molecule is CCOc1ccc(/C=C2\CCCC3=C2NN(C(=O)c2cccs2)[C@@H]3c2ccc(OCC)cc2)cc1. The summed E-state index contributed by atoms with van der Waals surface area (Å²) in [5.41, 5.74) is 9.30. The second-order valence-electron chi connectivity index (χ2n) is 8.59. The molecule has 6 heteroatoms. The molecule has 0 radical (unpaired) electrons. The molecule has 0 unspecified atom stereocenters. The Morgan fingerprint density at radius 3 is 2.31 bits per heavy atom. The van der Waals surface area contributed by atoms with Crippen LogP contribution in [0.15, 0.2) is 82.9 Å². The molecule has 0 saturated heterocycles. The van der Waals surface area contributed by atoms with Gasteiger partial charge in [-0.2, -0.15) is 0 Å². The van der Waals surface area contributed by atoms with Crippen LogP contribution >= 0.6 is 11.3 Å². The van der Waals surface area contributed by atoms with Crippen LogP contribution in [0.1, 0.15) is 60.0 Å². The summed E-state index contributed by atoms with van der Waals surface area (Å²) in [5.74, 6) is 1.71. The summed E-state index contributed by atoms with van der Waals surface area (Å²) in [5, 5.41) is 3.75. The lowest BCUT2D eigenvalue weighted by atomic mass is 9.86.